The molecular formula is C24H26N2O7. The predicted octanol–water partition coefficient (Wildman–Crippen LogP) is 2.96. The van der Waals surface area contributed by atoms with Crippen LogP contribution in [0.25, 0.3) is 0 Å². The Morgan fingerprint density at radius 2 is 1.67 bits per heavy atom. The number of carbonyl (C=O) groups is 4. The highest BCUT2D eigenvalue weighted by Crippen LogP contribution is 2.29. The molecule has 33 heavy (non-hydrogen) atoms. The number of nitrogens with zero attached hydrogens (tertiary/aromatic N) is 1. The van der Waals surface area contributed by atoms with Gasteiger partial charge in [0.2, 0.25) is 0 Å². The first-order valence-corrected chi connectivity index (χ1v) is 10.7. The minimum atomic E-state index is -0.703. The molecule has 9 heteroatoms. The van der Waals surface area contributed by atoms with Gasteiger partial charge in [-0.2, -0.15) is 0 Å². The van der Waals surface area contributed by atoms with Crippen LogP contribution in [-0.4, -0.2) is 55.0 Å². The fourth-order valence-corrected chi connectivity index (χ4v) is 3.36. The van der Waals surface area contributed by atoms with Crippen LogP contribution in [0.4, 0.5) is 5.69 Å². The molecule has 0 saturated carbocycles. The van der Waals surface area contributed by atoms with Crippen molar-refractivity contribution in [3.63, 3.8) is 0 Å². The Labute approximate surface area is 191 Å². The number of fused-ring (bicyclic) bond motifs is 1. The molecule has 2 aromatic rings. The number of rotatable bonds is 10. The number of carbonyl (C=O) groups excluding carboxylic acids is 4. The van der Waals surface area contributed by atoms with E-state index in [4.69, 9.17) is 14.2 Å². The largest absolute Gasteiger partial charge is 0.494 e. The molecule has 0 saturated heterocycles. The fourth-order valence-electron chi connectivity index (χ4n) is 3.36. The Morgan fingerprint density at radius 3 is 2.39 bits per heavy atom. The van der Waals surface area contributed by atoms with Gasteiger partial charge in [-0.1, -0.05) is 11.6 Å². The summed E-state index contributed by atoms with van der Waals surface area (Å²) in [5.41, 5.74) is 1.90. The van der Waals surface area contributed by atoms with Gasteiger partial charge in [-0.3, -0.25) is 24.1 Å². The first kappa shape index (κ1) is 23.8. The molecule has 3 amide bonds. The van der Waals surface area contributed by atoms with Gasteiger partial charge in [-0.15, -0.1) is 0 Å². The van der Waals surface area contributed by atoms with E-state index in [1.165, 1.54) is 0 Å². The molecule has 9 nitrogen and oxygen atoms in total. The highest BCUT2D eigenvalue weighted by atomic mass is 16.5. The normalized spacial score (nSPS) is 12.4. The van der Waals surface area contributed by atoms with Crippen LogP contribution in [0.15, 0.2) is 36.4 Å². The lowest BCUT2D eigenvalue weighted by molar-refractivity contribution is -0.147. The molecular weight excluding hydrogens is 428 g/mol. The van der Waals surface area contributed by atoms with Crippen molar-refractivity contribution in [1.82, 2.24) is 4.90 Å². The lowest BCUT2D eigenvalue weighted by Gasteiger charge is -2.14. The molecule has 0 fully saturated rings. The highest BCUT2D eigenvalue weighted by Gasteiger charge is 2.35. The summed E-state index contributed by atoms with van der Waals surface area (Å²) in [6.07, 6.45) is -0.220. The first-order chi connectivity index (χ1) is 15.8. The molecule has 0 radical (unpaired) electrons. The van der Waals surface area contributed by atoms with Crippen LogP contribution in [0.2, 0.25) is 0 Å². The van der Waals surface area contributed by atoms with E-state index < -0.39 is 30.3 Å². The summed E-state index contributed by atoms with van der Waals surface area (Å²) in [4.78, 5) is 50.3. The van der Waals surface area contributed by atoms with E-state index in [0.29, 0.717) is 41.5 Å². The van der Waals surface area contributed by atoms with Crippen LogP contribution in [-0.2, 0) is 14.3 Å². The first-order valence-electron chi connectivity index (χ1n) is 10.7. The van der Waals surface area contributed by atoms with Crippen LogP contribution in [0.3, 0.4) is 0 Å². The molecule has 0 unspecified atom stereocenters. The molecule has 1 heterocycles. The van der Waals surface area contributed by atoms with Gasteiger partial charge in [0.1, 0.15) is 11.5 Å². The highest BCUT2D eigenvalue weighted by molar-refractivity contribution is 6.21. The van der Waals surface area contributed by atoms with E-state index in [-0.39, 0.29) is 13.0 Å². The van der Waals surface area contributed by atoms with E-state index in [1.54, 1.807) is 36.4 Å². The maximum atomic E-state index is 12.5. The molecule has 3 rings (SSSR count). The molecule has 0 bridgehead atoms. The maximum absolute atomic E-state index is 12.5. The average molecular weight is 454 g/mol. The third kappa shape index (κ3) is 5.68. The minimum Gasteiger partial charge on any atom is -0.494 e. The molecule has 2 aromatic carbocycles. The van der Waals surface area contributed by atoms with E-state index in [2.05, 4.69) is 5.32 Å². The van der Waals surface area contributed by atoms with Crippen LogP contribution in [0.5, 0.6) is 11.5 Å². The Kier molecular flexibility index (Phi) is 7.66. The van der Waals surface area contributed by atoms with Crippen molar-refractivity contribution in [2.45, 2.75) is 27.2 Å². The zero-order valence-corrected chi connectivity index (χ0v) is 18.8. The number of amides is 3. The van der Waals surface area contributed by atoms with Gasteiger partial charge < -0.3 is 19.5 Å². The smallest absolute Gasteiger partial charge is 0.308 e. The minimum absolute atomic E-state index is 0.128. The van der Waals surface area contributed by atoms with Gasteiger partial charge in [0, 0.05) is 12.6 Å². The standard InChI is InChI=1S/C24H26N2O7/c1-4-31-16-7-9-20(32-5-2)19(13-16)25-21(27)14-33-22(28)10-11-26-23(29)17-8-6-15(3)12-18(17)24(26)30/h6-9,12-13H,4-5,10-11,14H2,1-3H3,(H,25,27). The van der Waals surface area contributed by atoms with Crippen molar-refractivity contribution in [1.29, 1.82) is 0 Å². The lowest BCUT2D eigenvalue weighted by atomic mass is 10.1. The molecule has 1 N–H and O–H groups in total. The summed E-state index contributed by atoms with van der Waals surface area (Å²) >= 11 is 0. The fraction of sp³-hybridized carbons (Fsp3) is 0.333. The van der Waals surface area contributed by atoms with E-state index in [0.717, 1.165) is 10.5 Å². The third-order valence-electron chi connectivity index (χ3n) is 4.87. The molecule has 0 aromatic heterocycles. The summed E-state index contributed by atoms with van der Waals surface area (Å²) in [5, 5.41) is 2.64. The Balaban J connectivity index is 1.51. The van der Waals surface area contributed by atoms with E-state index in [9.17, 15) is 19.2 Å². The average Bonchev–Trinajstić information content (AvgIpc) is 3.02. The van der Waals surface area contributed by atoms with Crippen LogP contribution in [0, 0.1) is 6.92 Å². The topological polar surface area (TPSA) is 111 Å². The van der Waals surface area contributed by atoms with Crippen molar-refractivity contribution >= 4 is 29.4 Å². The Hall–Kier alpha value is -3.88. The molecule has 0 aliphatic carbocycles. The maximum Gasteiger partial charge on any atom is 0.308 e. The summed E-state index contributed by atoms with van der Waals surface area (Å²) in [6.45, 7) is 5.71. The molecule has 1 aliphatic heterocycles. The number of anilines is 1. The van der Waals surface area contributed by atoms with Crippen molar-refractivity contribution in [3.05, 3.63) is 53.1 Å². The van der Waals surface area contributed by atoms with Crippen LogP contribution in [0.1, 0.15) is 46.5 Å². The van der Waals surface area contributed by atoms with Gasteiger partial charge in [0.05, 0.1) is 36.4 Å². The number of benzene rings is 2. The second-order valence-corrected chi connectivity index (χ2v) is 7.29. The number of hydrogen-bond donors (Lipinski definition) is 1. The Bertz CT molecular complexity index is 1080. The number of ether oxygens (including phenoxy) is 3. The number of hydrogen-bond acceptors (Lipinski definition) is 7. The molecule has 0 spiro atoms. The molecule has 174 valence electrons. The summed E-state index contributed by atoms with van der Waals surface area (Å²) < 4.78 is 15.9. The van der Waals surface area contributed by atoms with Gasteiger partial charge in [-0.25, -0.2) is 0 Å². The molecule has 1 aliphatic rings. The van der Waals surface area contributed by atoms with Crippen molar-refractivity contribution in [2.75, 3.05) is 31.7 Å². The predicted molar refractivity (Wildman–Crippen MR) is 120 cm³/mol. The summed E-state index contributed by atoms with van der Waals surface area (Å²) in [5.74, 6) is -1.13. The number of esters is 1. The number of imide groups is 1. The zero-order valence-electron chi connectivity index (χ0n) is 18.8. The third-order valence-corrected chi connectivity index (χ3v) is 4.87. The monoisotopic (exact) mass is 454 g/mol. The quantitative estimate of drug-likeness (QED) is 0.434. The summed E-state index contributed by atoms with van der Waals surface area (Å²) in [6, 6.07) is 10.0. The van der Waals surface area contributed by atoms with Gasteiger partial charge in [0.15, 0.2) is 6.61 Å². The molecule has 0 atom stereocenters. The van der Waals surface area contributed by atoms with Gasteiger partial charge in [-0.05, 0) is 45.0 Å². The SMILES string of the molecule is CCOc1ccc(OCC)c(NC(=O)COC(=O)CCN2C(=O)c3ccc(C)cc3C2=O)c1. The van der Waals surface area contributed by atoms with E-state index >= 15 is 0 Å². The zero-order chi connectivity index (χ0) is 24.0. The Morgan fingerprint density at radius 1 is 0.939 bits per heavy atom. The van der Waals surface area contributed by atoms with Gasteiger partial charge in [0.25, 0.3) is 17.7 Å². The van der Waals surface area contributed by atoms with Crippen molar-refractivity contribution in [2.24, 2.45) is 0 Å². The van der Waals surface area contributed by atoms with E-state index in [1.807, 2.05) is 20.8 Å². The number of aryl methyl sites for hydroxylation is 1. The van der Waals surface area contributed by atoms with Gasteiger partial charge >= 0.3 is 5.97 Å². The summed E-state index contributed by atoms with van der Waals surface area (Å²) in [7, 11) is 0. The van der Waals surface area contributed by atoms with Crippen molar-refractivity contribution in [3.8, 4) is 11.5 Å². The number of nitrogens with one attached hydrogen (secondary N) is 1. The second-order valence-electron chi connectivity index (χ2n) is 7.29. The lowest BCUT2D eigenvalue weighted by Crippen LogP contribution is -2.32. The second kappa shape index (κ2) is 10.6. The van der Waals surface area contributed by atoms with Crippen molar-refractivity contribution < 1.29 is 33.4 Å². The van der Waals surface area contributed by atoms with Crippen LogP contribution >= 0.6 is 0 Å². The van der Waals surface area contributed by atoms with Crippen LogP contribution < -0.4 is 14.8 Å².